The van der Waals surface area contributed by atoms with Crippen LogP contribution in [0.4, 0.5) is 0 Å². The molecule has 6 heteroatoms. The fourth-order valence-corrected chi connectivity index (χ4v) is 3.26. The maximum atomic E-state index is 5.73. The molecule has 2 aromatic heterocycles. The summed E-state index contributed by atoms with van der Waals surface area (Å²) in [7, 11) is 0. The van der Waals surface area contributed by atoms with Crippen LogP contribution in [0.3, 0.4) is 0 Å². The lowest BCUT2D eigenvalue weighted by molar-refractivity contribution is 0.572. The lowest BCUT2D eigenvalue weighted by Gasteiger charge is -1.91. The van der Waals surface area contributed by atoms with Crippen LogP contribution in [0, 0.1) is 0 Å². The zero-order valence-electron chi connectivity index (χ0n) is 6.76. The van der Waals surface area contributed by atoms with E-state index in [0.29, 0.717) is 5.88 Å². The smallest absolute Gasteiger partial charge is 0.181 e. The molecule has 0 unspecified atom stereocenters. The van der Waals surface area contributed by atoms with Crippen LogP contribution in [0.25, 0.3) is 10.6 Å². The van der Waals surface area contributed by atoms with E-state index in [0.717, 1.165) is 24.6 Å². The minimum Gasteiger partial charge on any atom is -0.442 e. The Morgan fingerprint density at radius 3 is 2.86 bits per heavy atom. The van der Waals surface area contributed by atoms with E-state index in [9.17, 15) is 0 Å². The molecule has 0 spiro atoms. The predicted octanol–water partition coefficient (Wildman–Crippen LogP) is 4.67. The zero-order chi connectivity index (χ0) is 10.1. The maximum absolute atomic E-state index is 5.73. The molecule has 0 aliphatic carbocycles. The van der Waals surface area contributed by atoms with E-state index in [1.807, 2.05) is 6.07 Å². The van der Waals surface area contributed by atoms with Crippen LogP contribution in [0.1, 0.15) is 5.69 Å². The first-order valence-electron chi connectivity index (χ1n) is 3.66. The van der Waals surface area contributed by atoms with Crippen molar-refractivity contribution in [2.24, 2.45) is 0 Å². The third-order valence-corrected chi connectivity index (χ3v) is 5.14. The summed E-state index contributed by atoms with van der Waals surface area (Å²) in [6.45, 7) is 0. The lowest BCUT2D eigenvalue weighted by Crippen LogP contribution is -1.79. The van der Waals surface area contributed by atoms with Crippen LogP contribution in [-0.4, -0.2) is 4.98 Å². The Bertz CT molecular complexity index is 434. The average molecular weight is 357 g/mol. The van der Waals surface area contributed by atoms with Gasteiger partial charge in [-0.25, -0.2) is 4.98 Å². The predicted molar refractivity (Wildman–Crippen MR) is 64.8 cm³/mol. The Hall–Kier alpha value is 0.160. The van der Waals surface area contributed by atoms with Crippen LogP contribution in [0.5, 0.6) is 0 Å². The first-order chi connectivity index (χ1) is 6.72. The fraction of sp³-hybridized carbons (Fsp3) is 0.125. The average Bonchev–Trinajstić information content (AvgIpc) is 2.73. The minimum absolute atomic E-state index is 0.360. The Balaban J connectivity index is 2.49. The molecule has 2 nitrogen and oxygen atoms in total. The summed E-state index contributed by atoms with van der Waals surface area (Å²) >= 11 is 14.1. The van der Waals surface area contributed by atoms with Gasteiger partial charge >= 0.3 is 0 Å². The number of nitrogens with zero attached hydrogens (tertiary/aromatic N) is 1. The Morgan fingerprint density at radius 2 is 2.29 bits per heavy atom. The summed E-state index contributed by atoms with van der Waals surface area (Å²) < 4.78 is 7.32. The van der Waals surface area contributed by atoms with Gasteiger partial charge in [0.1, 0.15) is 5.69 Å². The van der Waals surface area contributed by atoms with Crippen molar-refractivity contribution in [2.45, 2.75) is 5.88 Å². The number of oxazole rings is 1. The molecule has 0 saturated heterocycles. The van der Waals surface area contributed by atoms with Gasteiger partial charge in [0, 0.05) is 4.47 Å². The standard InChI is InChI=1S/C8H4Br2ClNOS/c9-4-1-6(14-8(4)10)7-5(2-11)12-3-13-7/h1,3H,2H2. The third-order valence-electron chi connectivity index (χ3n) is 1.64. The third kappa shape index (κ3) is 1.91. The molecular weight excluding hydrogens is 353 g/mol. The van der Waals surface area contributed by atoms with E-state index in [2.05, 4.69) is 36.8 Å². The molecule has 0 radical (unpaired) electrons. The highest BCUT2D eigenvalue weighted by Crippen LogP contribution is 2.39. The fourth-order valence-electron chi connectivity index (χ4n) is 1.02. The first-order valence-corrected chi connectivity index (χ1v) is 6.59. The van der Waals surface area contributed by atoms with E-state index in [1.54, 1.807) is 11.3 Å². The summed E-state index contributed by atoms with van der Waals surface area (Å²) in [6, 6.07) is 1.98. The van der Waals surface area contributed by atoms with Crippen molar-refractivity contribution in [3.05, 3.63) is 26.4 Å². The Labute approximate surface area is 107 Å². The summed E-state index contributed by atoms with van der Waals surface area (Å²) in [5.74, 6) is 1.11. The molecule has 0 amide bonds. The molecule has 14 heavy (non-hydrogen) atoms. The quantitative estimate of drug-likeness (QED) is 0.730. The molecular formula is C8H4Br2ClNOS. The summed E-state index contributed by atoms with van der Waals surface area (Å²) in [6.07, 6.45) is 1.41. The largest absolute Gasteiger partial charge is 0.442 e. The van der Waals surface area contributed by atoms with Gasteiger partial charge in [-0.05, 0) is 37.9 Å². The topological polar surface area (TPSA) is 26.0 Å². The second kappa shape index (κ2) is 4.35. The molecule has 2 rings (SSSR count). The van der Waals surface area contributed by atoms with Gasteiger partial charge in [0.05, 0.1) is 14.5 Å². The molecule has 0 aromatic carbocycles. The van der Waals surface area contributed by atoms with Crippen molar-refractivity contribution in [2.75, 3.05) is 0 Å². The number of rotatable bonds is 2. The minimum atomic E-state index is 0.360. The first kappa shape index (κ1) is 10.7. The van der Waals surface area contributed by atoms with Crippen LogP contribution in [-0.2, 0) is 5.88 Å². The summed E-state index contributed by atoms with van der Waals surface area (Å²) in [5.41, 5.74) is 0.771. The van der Waals surface area contributed by atoms with Gasteiger partial charge in [-0.15, -0.1) is 22.9 Å². The van der Waals surface area contributed by atoms with Gasteiger partial charge in [0.25, 0.3) is 0 Å². The highest BCUT2D eigenvalue weighted by molar-refractivity contribution is 9.13. The van der Waals surface area contributed by atoms with Crippen molar-refractivity contribution < 1.29 is 4.42 Å². The second-order valence-electron chi connectivity index (χ2n) is 2.49. The molecule has 0 fully saturated rings. The van der Waals surface area contributed by atoms with Gasteiger partial charge in [-0.3, -0.25) is 0 Å². The van der Waals surface area contributed by atoms with Crippen LogP contribution < -0.4 is 0 Å². The normalized spacial score (nSPS) is 10.8. The number of aromatic nitrogens is 1. The van der Waals surface area contributed by atoms with E-state index >= 15 is 0 Å². The van der Waals surface area contributed by atoms with Gasteiger partial charge < -0.3 is 4.42 Å². The molecule has 0 atom stereocenters. The number of halogens is 3. The summed E-state index contributed by atoms with van der Waals surface area (Å²) in [5, 5.41) is 0. The van der Waals surface area contributed by atoms with E-state index < -0.39 is 0 Å². The maximum Gasteiger partial charge on any atom is 0.181 e. The monoisotopic (exact) mass is 355 g/mol. The molecule has 0 bridgehead atoms. The van der Waals surface area contributed by atoms with Gasteiger partial charge in [-0.2, -0.15) is 0 Å². The highest BCUT2D eigenvalue weighted by atomic mass is 79.9. The van der Waals surface area contributed by atoms with E-state index in [4.69, 9.17) is 16.0 Å². The SMILES string of the molecule is ClCc1ncoc1-c1cc(Br)c(Br)s1. The van der Waals surface area contributed by atoms with Crippen molar-refractivity contribution in [3.63, 3.8) is 0 Å². The van der Waals surface area contributed by atoms with Gasteiger partial charge in [-0.1, -0.05) is 0 Å². The molecule has 2 heterocycles. The Kier molecular flexibility index (Phi) is 3.31. The second-order valence-corrected chi connectivity index (χ2v) is 5.99. The van der Waals surface area contributed by atoms with E-state index in [-0.39, 0.29) is 0 Å². The summed E-state index contributed by atoms with van der Waals surface area (Å²) in [4.78, 5) is 5.04. The lowest BCUT2D eigenvalue weighted by atomic mass is 10.3. The highest BCUT2D eigenvalue weighted by Gasteiger charge is 2.13. The van der Waals surface area contributed by atoms with Gasteiger partial charge in [0.15, 0.2) is 12.2 Å². The number of alkyl halides is 1. The molecule has 2 aromatic rings. The number of thiophene rings is 1. The van der Waals surface area contributed by atoms with Crippen molar-refractivity contribution in [3.8, 4) is 10.6 Å². The van der Waals surface area contributed by atoms with Crippen LogP contribution >= 0.6 is 54.8 Å². The molecule has 0 aliphatic heterocycles. The van der Waals surface area contributed by atoms with Crippen LogP contribution in [0.15, 0.2) is 25.1 Å². The van der Waals surface area contributed by atoms with Gasteiger partial charge in [0.2, 0.25) is 0 Å². The molecule has 0 saturated carbocycles. The number of hydrogen-bond acceptors (Lipinski definition) is 3. The van der Waals surface area contributed by atoms with Crippen molar-refractivity contribution in [1.29, 1.82) is 0 Å². The molecule has 74 valence electrons. The number of hydrogen-bond donors (Lipinski definition) is 0. The zero-order valence-corrected chi connectivity index (χ0v) is 11.5. The van der Waals surface area contributed by atoms with Crippen molar-refractivity contribution >= 4 is 54.8 Å². The molecule has 0 aliphatic rings. The van der Waals surface area contributed by atoms with Crippen molar-refractivity contribution in [1.82, 2.24) is 4.98 Å². The molecule has 0 N–H and O–H groups in total. The Morgan fingerprint density at radius 1 is 1.50 bits per heavy atom. The van der Waals surface area contributed by atoms with E-state index in [1.165, 1.54) is 6.39 Å². The van der Waals surface area contributed by atoms with Crippen LogP contribution in [0.2, 0.25) is 0 Å².